The van der Waals surface area contributed by atoms with Crippen LogP contribution < -0.4 is 5.32 Å². The maximum Gasteiger partial charge on any atom is 0.231 e. The summed E-state index contributed by atoms with van der Waals surface area (Å²) >= 11 is 1.83. The number of fused-ring (bicyclic) bond motifs is 1. The third-order valence-corrected chi connectivity index (χ3v) is 4.49. The smallest absolute Gasteiger partial charge is 0.231 e. The fourth-order valence-corrected chi connectivity index (χ4v) is 2.95. The molecule has 1 aromatic heterocycles. The van der Waals surface area contributed by atoms with Gasteiger partial charge in [0.2, 0.25) is 5.89 Å². The van der Waals surface area contributed by atoms with Gasteiger partial charge < -0.3 is 9.84 Å². The van der Waals surface area contributed by atoms with E-state index in [2.05, 4.69) is 53.6 Å². The van der Waals surface area contributed by atoms with Gasteiger partial charge in [0.1, 0.15) is 0 Å². The van der Waals surface area contributed by atoms with Crippen LogP contribution in [0.1, 0.15) is 37.0 Å². The molecule has 1 aliphatic heterocycles. The van der Waals surface area contributed by atoms with Gasteiger partial charge in [0.05, 0.1) is 11.7 Å². The molecule has 0 spiro atoms. The zero-order valence-electron chi connectivity index (χ0n) is 11.8. The Balaban J connectivity index is 1.69. The minimum Gasteiger partial charge on any atom is -0.384 e. The van der Waals surface area contributed by atoms with Gasteiger partial charge >= 0.3 is 0 Å². The van der Waals surface area contributed by atoms with Crippen LogP contribution in [0.5, 0.6) is 0 Å². The van der Waals surface area contributed by atoms with Crippen molar-refractivity contribution < 1.29 is 4.52 Å². The Kier molecular flexibility index (Phi) is 3.96. The van der Waals surface area contributed by atoms with Crippen LogP contribution in [0, 0.1) is 0 Å². The predicted octanol–water partition coefficient (Wildman–Crippen LogP) is 3.46. The van der Waals surface area contributed by atoms with E-state index < -0.39 is 0 Å². The quantitative estimate of drug-likeness (QED) is 0.934. The molecule has 0 bridgehead atoms. The number of aromatic nitrogens is 2. The monoisotopic (exact) mass is 289 g/mol. The number of nitrogens with zero attached hydrogens (tertiary/aromatic N) is 2. The summed E-state index contributed by atoms with van der Waals surface area (Å²) in [5.41, 5.74) is 2.54. The lowest BCUT2D eigenvalue weighted by molar-refractivity contribution is 0.351. The molecule has 0 aliphatic carbocycles. The average molecular weight is 289 g/mol. The van der Waals surface area contributed by atoms with Crippen LogP contribution in [0.2, 0.25) is 0 Å². The van der Waals surface area contributed by atoms with Gasteiger partial charge in [-0.15, -0.1) is 0 Å². The highest BCUT2D eigenvalue weighted by atomic mass is 32.2. The molecule has 2 heterocycles. The molecule has 0 fully saturated rings. The Morgan fingerprint density at radius 2 is 2.25 bits per heavy atom. The first kappa shape index (κ1) is 13.5. The number of rotatable bonds is 4. The van der Waals surface area contributed by atoms with E-state index in [0.29, 0.717) is 5.25 Å². The van der Waals surface area contributed by atoms with E-state index >= 15 is 0 Å². The van der Waals surface area contributed by atoms with E-state index in [-0.39, 0.29) is 5.92 Å². The second kappa shape index (κ2) is 5.87. The summed E-state index contributed by atoms with van der Waals surface area (Å²) in [5.74, 6) is 2.65. The summed E-state index contributed by atoms with van der Waals surface area (Å²) in [7, 11) is 0. The molecule has 0 amide bonds. The van der Waals surface area contributed by atoms with Gasteiger partial charge in [0.25, 0.3) is 0 Å². The van der Waals surface area contributed by atoms with Crippen molar-refractivity contribution in [1.29, 1.82) is 0 Å². The molecule has 1 atom stereocenters. The molecule has 5 heteroatoms. The minimum atomic E-state index is 0.273. The minimum absolute atomic E-state index is 0.273. The van der Waals surface area contributed by atoms with E-state index in [1.807, 2.05) is 11.8 Å². The number of hydrogen-bond acceptors (Lipinski definition) is 5. The molecule has 20 heavy (non-hydrogen) atoms. The van der Waals surface area contributed by atoms with Crippen molar-refractivity contribution in [2.24, 2.45) is 0 Å². The number of thioether (sulfide) groups is 1. The Morgan fingerprint density at radius 1 is 1.40 bits per heavy atom. The lowest BCUT2D eigenvalue weighted by Crippen LogP contribution is -2.21. The molecule has 1 aromatic carbocycles. The van der Waals surface area contributed by atoms with Crippen LogP contribution in [-0.4, -0.2) is 21.9 Å². The second-order valence-electron chi connectivity index (χ2n) is 5.35. The standard InChI is InChI=1S/C15H19N3OS/c1-10(2)20-9-14-17-15(19-18-14)12-7-11-5-3-4-6-13(11)16-8-12/h3-6,10,12,16H,7-9H2,1-2H3. The van der Waals surface area contributed by atoms with Crippen molar-refractivity contribution in [1.82, 2.24) is 10.1 Å². The summed E-state index contributed by atoms with van der Waals surface area (Å²) in [4.78, 5) is 4.54. The number of anilines is 1. The first-order chi connectivity index (χ1) is 9.72. The Hall–Kier alpha value is -1.49. The molecule has 4 nitrogen and oxygen atoms in total. The molecule has 1 N–H and O–H groups in total. The highest BCUT2D eigenvalue weighted by Crippen LogP contribution is 2.29. The number of para-hydroxylation sites is 1. The van der Waals surface area contributed by atoms with Crippen molar-refractivity contribution in [2.75, 3.05) is 11.9 Å². The van der Waals surface area contributed by atoms with Gasteiger partial charge in [0, 0.05) is 12.2 Å². The molecule has 0 radical (unpaired) electrons. The average Bonchev–Trinajstić information content (AvgIpc) is 2.93. The third kappa shape index (κ3) is 2.98. The number of hydrogen-bond donors (Lipinski definition) is 1. The molecule has 3 rings (SSSR count). The van der Waals surface area contributed by atoms with E-state index in [4.69, 9.17) is 4.52 Å². The second-order valence-corrected chi connectivity index (χ2v) is 6.91. The summed E-state index contributed by atoms with van der Waals surface area (Å²) in [6.07, 6.45) is 0.960. The van der Waals surface area contributed by atoms with E-state index in [0.717, 1.165) is 30.4 Å². The van der Waals surface area contributed by atoms with Crippen molar-refractivity contribution >= 4 is 17.4 Å². The molecular weight excluding hydrogens is 270 g/mol. The zero-order valence-corrected chi connectivity index (χ0v) is 12.6. The van der Waals surface area contributed by atoms with E-state index in [9.17, 15) is 0 Å². The van der Waals surface area contributed by atoms with Crippen LogP contribution in [0.3, 0.4) is 0 Å². The van der Waals surface area contributed by atoms with Gasteiger partial charge in [-0.3, -0.25) is 0 Å². The number of nitrogens with one attached hydrogen (secondary N) is 1. The van der Waals surface area contributed by atoms with Crippen LogP contribution in [0.15, 0.2) is 28.8 Å². The summed E-state index contributed by atoms with van der Waals surface area (Å²) in [6.45, 7) is 5.21. The Morgan fingerprint density at radius 3 is 3.10 bits per heavy atom. The Labute approximate surface area is 123 Å². The van der Waals surface area contributed by atoms with Crippen LogP contribution in [0.4, 0.5) is 5.69 Å². The highest BCUT2D eigenvalue weighted by molar-refractivity contribution is 7.99. The molecule has 2 aromatic rings. The summed E-state index contributed by atoms with van der Waals surface area (Å²) < 4.78 is 5.44. The third-order valence-electron chi connectivity index (χ3n) is 3.40. The van der Waals surface area contributed by atoms with Crippen molar-refractivity contribution in [3.8, 4) is 0 Å². The van der Waals surface area contributed by atoms with Crippen molar-refractivity contribution in [2.45, 2.75) is 37.2 Å². The zero-order chi connectivity index (χ0) is 13.9. The Bertz CT molecular complexity index is 582. The maximum absolute atomic E-state index is 5.44. The summed E-state index contributed by atoms with van der Waals surface area (Å²) in [6, 6.07) is 8.39. The van der Waals surface area contributed by atoms with Crippen LogP contribution in [0.25, 0.3) is 0 Å². The fraction of sp³-hybridized carbons (Fsp3) is 0.467. The molecule has 1 unspecified atom stereocenters. The number of benzene rings is 1. The van der Waals surface area contributed by atoms with E-state index in [1.54, 1.807) is 0 Å². The maximum atomic E-state index is 5.44. The summed E-state index contributed by atoms with van der Waals surface area (Å²) in [5, 5.41) is 8.11. The van der Waals surface area contributed by atoms with Crippen molar-refractivity contribution in [3.63, 3.8) is 0 Å². The first-order valence-corrected chi connectivity index (χ1v) is 8.03. The molecule has 0 saturated carbocycles. The lowest BCUT2D eigenvalue weighted by atomic mass is 9.94. The predicted molar refractivity (Wildman–Crippen MR) is 82.1 cm³/mol. The fourth-order valence-electron chi connectivity index (χ4n) is 2.35. The highest BCUT2D eigenvalue weighted by Gasteiger charge is 2.24. The topological polar surface area (TPSA) is 51.0 Å². The molecule has 1 aliphatic rings. The molecule has 0 saturated heterocycles. The normalized spacial score (nSPS) is 17.9. The SMILES string of the molecule is CC(C)SCc1noc(C2CNc3ccccc3C2)n1. The van der Waals surface area contributed by atoms with Crippen LogP contribution >= 0.6 is 11.8 Å². The molecular formula is C15H19N3OS. The largest absolute Gasteiger partial charge is 0.384 e. The van der Waals surface area contributed by atoms with Crippen LogP contribution in [-0.2, 0) is 12.2 Å². The van der Waals surface area contributed by atoms with Gasteiger partial charge in [-0.05, 0) is 23.3 Å². The van der Waals surface area contributed by atoms with Gasteiger partial charge in [0.15, 0.2) is 5.82 Å². The van der Waals surface area contributed by atoms with Crippen molar-refractivity contribution in [3.05, 3.63) is 41.5 Å². The lowest BCUT2D eigenvalue weighted by Gasteiger charge is -2.23. The van der Waals surface area contributed by atoms with Gasteiger partial charge in [-0.1, -0.05) is 37.2 Å². The molecule has 106 valence electrons. The van der Waals surface area contributed by atoms with E-state index in [1.165, 1.54) is 11.3 Å². The van der Waals surface area contributed by atoms with Gasteiger partial charge in [-0.2, -0.15) is 16.7 Å². The van der Waals surface area contributed by atoms with Gasteiger partial charge in [-0.25, -0.2) is 0 Å². The first-order valence-electron chi connectivity index (χ1n) is 6.98.